The van der Waals surface area contributed by atoms with Crippen LogP contribution < -0.4 is 9.84 Å². The molecule has 1 aliphatic heterocycles. The second kappa shape index (κ2) is 4.41. The Morgan fingerprint density at radius 3 is 3.06 bits per heavy atom. The zero-order chi connectivity index (χ0) is 11.5. The molecule has 4 heteroatoms. The van der Waals surface area contributed by atoms with Crippen LogP contribution in [0.3, 0.4) is 0 Å². The lowest BCUT2D eigenvalue weighted by atomic mass is 10.1. The van der Waals surface area contributed by atoms with Gasteiger partial charge < -0.3 is 14.6 Å². The Morgan fingerprint density at radius 1 is 1.50 bits per heavy atom. The molecule has 16 heavy (non-hydrogen) atoms. The van der Waals surface area contributed by atoms with Gasteiger partial charge in [0.25, 0.3) is 0 Å². The summed E-state index contributed by atoms with van der Waals surface area (Å²) in [5.41, 5.74) is 1.61. The molecule has 0 saturated carbocycles. The highest BCUT2D eigenvalue weighted by molar-refractivity contribution is 6.30. The van der Waals surface area contributed by atoms with Gasteiger partial charge in [-0.2, -0.15) is 0 Å². The minimum atomic E-state index is -1.22. The molecular formula is C12H8ClO3-. The van der Waals surface area contributed by atoms with Gasteiger partial charge in [0.1, 0.15) is 12.4 Å². The Hall–Kier alpha value is -1.74. The normalized spacial score (nSPS) is 14.2. The molecule has 0 aromatic heterocycles. The van der Waals surface area contributed by atoms with Crippen LogP contribution in [0, 0.1) is 0 Å². The molecule has 1 aromatic carbocycles. The number of carbonyl (C=O) groups is 1. The van der Waals surface area contributed by atoms with Crippen LogP contribution in [0.4, 0.5) is 0 Å². The number of fused-ring (bicyclic) bond motifs is 1. The van der Waals surface area contributed by atoms with Gasteiger partial charge in [-0.25, -0.2) is 0 Å². The maximum absolute atomic E-state index is 10.3. The Kier molecular flexibility index (Phi) is 2.97. The van der Waals surface area contributed by atoms with Crippen molar-refractivity contribution in [1.82, 2.24) is 0 Å². The number of benzene rings is 1. The summed E-state index contributed by atoms with van der Waals surface area (Å²) in [7, 11) is 0. The standard InChI is InChI=1S/C12H9ClO3/c13-10-2-3-11-9(6-10)5-8(7-16-11)1-4-12(14)15/h1-6H,7H2,(H,14,15)/p-1/b4-1+. The Morgan fingerprint density at radius 2 is 2.31 bits per heavy atom. The Balaban J connectivity index is 2.30. The summed E-state index contributed by atoms with van der Waals surface area (Å²) in [6, 6.07) is 5.30. The van der Waals surface area contributed by atoms with Gasteiger partial charge in [-0.15, -0.1) is 0 Å². The summed E-state index contributed by atoms with van der Waals surface area (Å²) in [6.45, 7) is 0.346. The zero-order valence-corrected chi connectivity index (χ0v) is 9.03. The lowest BCUT2D eigenvalue weighted by Gasteiger charge is -2.16. The van der Waals surface area contributed by atoms with E-state index in [0.29, 0.717) is 11.6 Å². The maximum Gasteiger partial charge on any atom is 0.127 e. The molecule has 0 saturated heterocycles. The number of aliphatic carboxylic acids is 1. The van der Waals surface area contributed by atoms with Crippen molar-refractivity contribution in [3.05, 3.63) is 46.5 Å². The minimum absolute atomic E-state index is 0.346. The average molecular weight is 236 g/mol. The molecule has 82 valence electrons. The maximum atomic E-state index is 10.3. The summed E-state index contributed by atoms with van der Waals surface area (Å²) in [5, 5.41) is 10.9. The number of hydrogen-bond donors (Lipinski definition) is 0. The molecule has 0 spiro atoms. The topological polar surface area (TPSA) is 49.4 Å². The molecule has 0 N–H and O–H groups in total. The van der Waals surface area contributed by atoms with Crippen molar-refractivity contribution in [2.75, 3.05) is 6.61 Å². The fourth-order valence-corrected chi connectivity index (χ4v) is 1.62. The van der Waals surface area contributed by atoms with Crippen LogP contribution in [0.25, 0.3) is 6.08 Å². The number of carbonyl (C=O) groups excluding carboxylic acids is 1. The summed E-state index contributed by atoms with van der Waals surface area (Å²) < 4.78 is 5.43. The smallest absolute Gasteiger partial charge is 0.127 e. The monoisotopic (exact) mass is 235 g/mol. The molecule has 0 fully saturated rings. The summed E-state index contributed by atoms with van der Waals surface area (Å²) in [4.78, 5) is 10.3. The molecule has 0 unspecified atom stereocenters. The first-order chi connectivity index (χ1) is 7.65. The van der Waals surface area contributed by atoms with Crippen LogP contribution >= 0.6 is 11.6 Å². The summed E-state index contributed by atoms with van der Waals surface area (Å²) in [6.07, 6.45) is 4.27. The van der Waals surface area contributed by atoms with Crippen LogP contribution in [-0.2, 0) is 4.79 Å². The largest absolute Gasteiger partial charge is 0.545 e. The van der Waals surface area contributed by atoms with Crippen LogP contribution in [0.2, 0.25) is 5.02 Å². The van der Waals surface area contributed by atoms with Gasteiger partial charge in [-0.1, -0.05) is 17.7 Å². The first-order valence-electron chi connectivity index (χ1n) is 4.67. The number of carboxylic acids is 1. The lowest BCUT2D eigenvalue weighted by molar-refractivity contribution is -0.297. The molecular weight excluding hydrogens is 228 g/mol. The third kappa shape index (κ3) is 2.44. The van der Waals surface area contributed by atoms with Gasteiger partial charge in [0.2, 0.25) is 0 Å². The van der Waals surface area contributed by atoms with Gasteiger partial charge in [0.15, 0.2) is 0 Å². The number of rotatable bonds is 2. The van der Waals surface area contributed by atoms with Crippen molar-refractivity contribution >= 4 is 23.6 Å². The van der Waals surface area contributed by atoms with E-state index in [1.165, 1.54) is 6.08 Å². The van der Waals surface area contributed by atoms with Crippen molar-refractivity contribution in [3.8, 4) is 5.75 Å². The molecule has 0 atom stereocenters. The Labute approximate surface area is 97.6 Å². The molecule has 0 amide bonds. The van der Waals surface area contributed by atoms with Crippen molar-refractivity contribution in [1.29, 1.82) is 0 Å². The third-order valence-electron chi connectivity index (χ3n) is 2.14. The SMILES string of the molecule is O=C([O-])/C=C/C1=Cc2cc(Cl)ccc2OC1. The van der Waals surface area contributed by atoms with Gasteiger partial charge in [0, 0.05) is 10.6 Å². The van der Waals surface area contributed by atoms with E-state index in [-0.39, 0.29) is 0 Å². The van der Waals surface area contributed by atoms with Crippen molar-refractivity contribution in [3.63, 3.8) is 0 Å². The first-order valence-corrected chi connectivity index (χ1v) is 5.05. The predicted octanol–water partition coefficient (Wildman–Crippen LogP) is 1.42. The third-order valence-corrected chi connectivity index (χ3v) is 2.38. The van der Waals surface area contributed by atoms with Gasteiger partial charge >= 0.3 is 0 Å². The average Bonchev–Trinajstić information content (AvgIpc) is 2.25. The fourth-order valence-electron chi connectivity index (χ4n) is 1.44. The molecule has 1 aromatic rings. The quantitative estimate of drug-likeness (QED) is 0.729. The number of ether oxygens (including phenoxy) is 1. The second-order valence-electron chi connectivity index (χ2n) is 3.34. The van der Waals surface area contributed by atoms with E-state index in [4.69, 9.17) is 16.3 Å². The van der Waals surface area contributed by atoms with Crippen LogP contribution in [-0.4, -0.2) is 12.6 Å². The summed E-state index contributed by atoms with van der Waals surface area (Å²) >= 11 is 5.84. The highest BCUT2D eigenvalue weighted by Gasteiger charge is 2.09. The molecule has 1 heterocycles. The number of carboxylic acid groups (broad SMARTS) is 1. The Bertz CT molecular complexity index is 489. The van der Waals surface area contributed by atoms with Crippen molar-refractivity contribution in [2.45, 2.75) is 0 Å². The highest BCUT2D eigenvalue weighted by Crippen LogP contribution is 2.29. The fraction of sp³-hybridized carbons (Fsp3) is 0.0833. The van der Waals surface area contributed by atoms with Gasteiger partial charge in [-0.3, -0.25) is 0 Å². The molecule has 0 bridgehead atoms. The molecule has 0 radical (unpaired) electrons. The minimum Gasteiger partial charge on any atom is -0.545 e. The highest BCUT2D eigenvalue weighted by atomic mass is 35.5. The van der Waals surface area contributed by atoms with E-state index in [2.05, 4.69) is 0 Å². The summed E-state index contributed by atoms with van der Waals surface area (Å²) in [5.74, 6) is -0.479. The molecule has 0 aliphatic carbocycles. The van der Waals surface area contributed by atoms with E-state index in [1.54, 1.807) is 18.2 Å². The zero-order valence-electron chi connectivity index (χ0n) is 8.27. The lowest BCUT2D eigenvalue weighted by Crippen LogP contribution is -2.19. The molecule has 2 rings (SSSR count). The van der Waals surface area contributed by atoms with Gasteiger partial charge in [-0.05, 0) is 35.9 Å². The van der Waals surface area contributed by atoms with Crippen LogP contribution in [0.5, 0.6) is 5.75 Å². The predicted molar refractivity (Wildman–Crippen MR) is 59.1 cm³/mol. The van der Waals surface area contributed by atoms with Crippen LogP contribution in [0.15, 0.2) is 35.9 Å². The van der Waals surface area contributed by atoms with Crippen molar-refractivity contribution in [2.24, 2.45) is 0 Å². The number of hydrogen-bond acceptors (Lipinski definition) is 3. The molecule has 1 aliphatic rings. The number of halogens is 1. The van der Waals surface area contributed by atoms with E-state index in [9.17, 15) is 9.90 Å². The van der Waals surface area contributed by atoms with Gasteiger partial charge in [0.05, 0.1) is 5.97 Å². The van der Waals surface area contributed by atoms with Crippen LogP contribution in [0.1, 0.15) is 5.56 Å². The molecule has 3 nitrogen and oxygen atoms in total. The van der Waals surface area contributed by atoms with Crippen molar-refractivity contribution < 1.29 is 14.6 Å². The van der Waals surface area contributed by atoms with E-state index in [0.717, 1.165) is 23.0 Å². The second-order valence-corrected chi connectivity index (χ2v) is 3.78. The van der Waals surface area contributed by atoms with E-state index >= 15 is 0 Å². The first kappa shape index (κ1) is 10.8. The van der Waals surface area contributed by atoms with E-state index in [1.807, 2.05) is 6.08 Å². The van der Waals surface area contributed by atoms with E-state index < -0.39 is 5.97 Å².